The monoisotopic (exact) mass is 250 g/mol. The van der Waals surface area contributed by atoms with Crippen LogP contribution in [0.15, 0.2) is 36.8 Å². The highest BCUT2D eigenvalue weighted by molar-refractivity contribution is 5.83. The van der Waals surface area contributed by atoms with Gasteiger partial charge in [-0.15, -0.1) is 0 Å². The summed E-state index contributed by atoms with van der Waals surface area (Å²) < 4.78 is 9.87. The van der Waals surface area contributed by atoms with Gasteiger partial charge in [-0.1, -0.05) is 24.3 Å². The molecular formula is C14H18O4. The molecule has 1 aliphatic rings. The Labute approximate surface area is 107 Å². The maximum Gasteiger partial charge on any atom is 0.314 e. The largest absolute Gasteiger partial charge is 0.435 e. The lowest BCUT2D eigenvalue weighted by Gasteiger charge is -2.23. The second-order valence-corrected chi connectivity index (χ2v) is 3.97. The molecule has 18 heavy (non-hydrogen) atoms. The Hall–Kier alpha value is -1.84. The fourth-order valence-electron chi connectivity index (χ4n) is 1.78. The molecule has 98 valence electrons. The molecule has 4 heteroatoms. The second kappa shape index (κ2) is 7.48. The summed E-state index contributed by atoms with van der Waals surface area (Å²) in [4.78, 5) is 23.6. The minimum absolute atomic E-state index is 0.389. The number of esters is 2. The molecule has 0 saturated carbocycles. The summed E-state index contributed by atoms with van der Waals surface area (Å²) in [5, 5.41) is 0. The summed E-state index contributed by atoms with van der Waals surface area (Å²) in [5.74, 6) is -1.72. The molecule has 0 aromatic carbocycles. The highest BCUT2D eigenvalue weighted by atomic mass is 16.5. The Morgan fingerprint density at radius 3 is 1.67 bits per heavy atom. The van der Waals surface area contributed by atoms with Gasteiger partial charge >= 0.3 is 11.9 Å². The molecule has 0 aromatic heterocycles. The highest BCUT2D eigenvalue weighted by Gasteiger charge is 2.35. The van der Waals surface area contributed by atoms with Gasteiger partial charge in [-0.05, 0) is 26.7 Å². The summed E-state index contributed by atoms with van der Waals surface area (Å²) in [6.07, 6.45) is 10.7. The zero-order valence-electron chi connectivity index (χ0n) is 10.7. The summed E-state index contributed by atoms with van der Waals surface area (Å²) in [7, 11) is 0. The van der Waals surface area contributed by atoms with Gasteiger partial charge < -0.3 is 9.47 Å². The molecule has 0 aliphatic heterocycles. The number of carbonyl (C=O) groups excluding carboxylic acids is 2. The third-order valence-corrected chi connectivity index (χ3v) is 2.68. The molecule has 0 heterocycles. The van der Waals surface area contributed by atoms with Crippen LogP contribution in [0.5, 0.6) is 0 Å². The SMILES string of the molecule is C/C=C/OC(=O)C1CC=CCC1C(=O)O/C=C/C. The number of carbonyl (C=O) groups is 2. The lowest BCUT2D eigenvalue weighted by atomic mass is 9.83. The van der Waals surface area contributed by atoms with E-state index in [0.717, 1.165) is 0 Å². The van der Waals surface area contributed by atoms with Crippen LogP contribution in [0.3, 0.4) is 0 Å². The molecule has 1 aliphatic carbocycles. The number of allylic oxidation sites excluding steroid dienone is 4. The Bertz CT molecular complexity index is 343. The molecule has 1 rings (SSSR count). The molecule has 4 nitrogen and oxygen atoms in total. The van der Waals surface area contributed by atoms with E-state index in [1.165, 1.54) is 12.5 Å². The smallest absolute Gasteiger partial charge is 0.314 e. The molecule has 0 fully saturated rings. The van der Waals surface area contributed by atoms with E-state index in [-0.39, 0.29) is 11.9 Å². The molecule has 0 N–H and O–H groups in total. The molecule has 0 radical (unpaired) electrons. The zero-order valence-corrected chi connectivity index (χ0v) is 10.7. The van der Waals surface area contributed by atoms with Crippen LogP contribution in [-0.4, -0.2) is 11.9 Å². The van der Waals surface area contributed by atoms with Crippen molar-refractivity contribution >= 4 is 11.9 Å². The van der Waals surface area contributed by atoms with E-state index in [4.69, 9.17) is 9.47 Å². The van der Waals surface area contributed by atoms with Gasteiger partial charge in [0.2, 0.25) is 0 Å². The van der Waals surface area contributed by atoms with Crippen LogP contribution >= 0.6 is 0 Å². The number of ether oxygens (including phenoxy) is 2. The van der Waals surface area contributed by atoms with Crippen LogP contribution in [-0.2, 0) is 19.1 Å². The minimum Gasteiger partial charge on any atom is -0.435 e. The van der Waals surface area contributed by atoms with Gasteiger partial charge in [-0.3, -0.25) is 9.59 Å². The minimum atomic E-state index is -0.469. The van der Waals surface area contributed by atoms with Crippen LogP contribution in [0, 0.1) is 11.8 Å². The van der Waals surface area contributed by atoms with E-state index in [1.54, 1.807) is 26.0 Å². The van der Waals surface area contributed by atoms with Gasteiger partial charge in [0.05, 0.1) is 24.4 Å². The lowest BCUT2D eigenvalue weighted by molar-refractivity contribution is -0.154. The van der Waals surface area contributed by atoms with Gasteiger partial charge in [0.25, 0.3) is 0 Å². The quantitative estimate of drug-likeness (QED) is 0.437. The fraction of sp³-hybridized carbons (Fsp3) is 0.429. The Kier molecular flexibility index (Phi) is 5.91. The molecule has 0 amide bonds. The maximum atomic E-state index is 11.8. The Balaban J connectivity index is 2.71. The van der Waals surface area contributed by atoms with Crippen LogP contribution in [0.25, 0.3) is 0 Å². The lowest BCUT2D eigenvalue weighted by Crippen LogP contribution is -2.32. The number of hydrogen-bond acceptors (Lipinski definition) is 4. The predicted octanol–water partition coefficient (Wildman–Crippen LogP) is 2.72. The van der Waals surface area contributed by atoms with Crippen LogP contribution in [0.4, 0.5) is 0 Å². The summed E-state index contributed by atoms with van der Waals surface area (Å²) in [6, 6.07) is 0. The zero-order chi connectivity index (χ0) is 13.4. The van der Waals surface area contributed by atoms with Crippen molar-refractivity contribution in [1.82, 2.24) is 0 Å². The van der Waals surface area contributed by atoms with Crippen molar-refractivity contribution in [3.8, 4) is 0 Å². The third kappa shape index (κ3) is 3.87. The first-order valence-corrected chi connectivity index (χ1v) is 5.99. The highest BCUT2D eigenvalue weighted by Crippen LogP contribution is 2.28. The normalized spacial score (nSPS) is 23.4. The Morgan fingerprint density at radius 1 is 0.944 bits per heavy atom. The average Bonchev–Trinajstić information content (AvgIpc) is 2.42. The maximum absolute atomic E-state index is 11.8. The van der Waals surface area contributed by atoms with Crippen LogP contribution < -0.4 is 0 Å². The van der Waals surface area contributed by atoms with E-state index < -0.39 is 11.8 Å². The van der Waals surface area contributed by atoms with Gasteiger partial charge in [-0.25, -0.2) is 0 Å². The fourth-order valence-corrected chi connectivity index (χ4v) is 1.78. The first-order chi connectivity index (χ1) is 8.70. The number of rotatable bonds is 4. The molecule has 0 bridgehead atoms. The van der Waals surface area contributed by atoms with Gasteiger partial charge in [0, 0.05) is 0 Å². The standard InChI is InChI=1S/C14H18O4/c1-3-9-17-13(15)11-7-5-6-8-12(11)14(16)18-10-4-2/h3-6,9-12H,7-8H2,1-2H3/b9-3+,10-4+. The van der Waals surface area contributed by atoms with Crippen molar-refractivity contribution in [3.63, 3.8) is 0 Å². The van der Waals surface area contributed by atoms with E-state index in [0.29, 0.717) is 12.8 Å². The second-order valence-electron chi connectivity index (χ2n) is 3.97. The van der Waals surface area contributed by atoms with E-state index in [9.17, 15) is 9.59 Å². The van der Waals surface area contributed by atoms with Gasteiger partial charge in [0.1, 0.15) is 0 Å². The van der Waals surface area contributed by atoms with Crippen molar-refractivity contribution in [3.05, 3.63) is 36.8 Å². The van der Waals surface area contributed by atoms with Crippen molar-refractivity contribution in [2.75, 3.05) is 0 Å². The van der Waals surface area contributed by atoms with E-state index >= 15 is 0 Å². The molecule has 0 saturated heterocycles. The van der Waals surface area contributed by atoms with Crippen LogP contribution in [0.2, 0.25) is 0 Å². The predicted molar refractivity (Wildman–Crippen MR) is 67.2 cm³/mol. The van der Waals surface area contributed by atoms with Crippen molar-refractivity contribution < 1.29 is 19.1 Å². The average molecular weight is 250 g/mol. The van der Waals surface area contributed by atoms with Crippen molar-refractivity contribution in [2.24, 2.45) is 11.8 Å². The third-order valence-electron chi connectivity index (χ3n) is 2.68. The molecule has 2 unspecified atom stereocenters. The van der Waals surface area contributed by atoms with Gasteiger partial charge in [0.15, 0.2) is 0 Å². The van der Waals surface area contributed by atoms with Crippen LogP contribution in [0.1, 0.15) is 26.7 Å². The molecule has 0 aromatic rings. The first-order valence-electron chi connectivity index (χ1n) is 5.99. The number of hydrogen-bond donors (Lipinski definition) is 0. The van der Waals surface area contributed by atoms with Gasteiger partial charge in [-0.2, -0.15) is 0 Å². The van der Waals surface area contributed by atoms with Crippen molar-refractivity contribution in [2.45, 2.75) is 26.7 Å². The molecular weight excluding hydrogens is 232 g/mol. The van der Waals surface area contributed by atoms with Crippen molar-refractivity contribution in [1.29, 1.82) is 0 Å². The summed E-state index contributed by atoms with van der Waals surface area (Å²) in [6.45, 7) is 3.51. The summed E-state index contributed by atoms with van der Waals surface area (Å²) in [5.41, 5.74) is 0. The van der Waals surface area contributed by atoms with E-state index in [1.807, 2.05) is 12.2 Å². The topological polar surface area (TPSA) is 52.6 Å². The molecule has 2 atom stereocenters. The van der Waals surface area contributed by atoms with E-state index in [2.05, 4.69) is 0 Å². The summed E-state index contributed by atoms with van der Waals surface area (Å²) >= 11 is 0. The molecule has 0 spiro atoms. The first kappa shape index (κ1) is 14.2. The Morgan fingerprint density at radius 2 is 1.33 bits per heavy atom.